The van der Waals surface area contributed by atoms with Gasteiger partial charge in [-0.2, -0.15) is 0 Å². The minimum Gasteiger partial charge on any atom is -0.462 e. The molecule has 2 aliphatic heterocycles. The van der Waals surface area contributed by atoms with Crippen LogP contribution < -0.4 is 0 Å². The molecule has 15 nitrogen and oxygen atoms in total. The fourth-order valence-electron chi connectivity index (χ4n) is 7.63. The number of hydrogen-bond acceptors (Lipinski definition) is 15. The highest BCUT2D eigenvalue weighted by molar-refractivity contribution is 5.70. The Bertz CT molecular complexity index is 1070. The lowest BCUT2D eigenvalue weighted by Crippen LogP contribution is -2.61. The van der Waals surface area contributed by atoms with Crippen molar-refractivity contribution in [3.63, 3.8) is 0 Å². The van der Waals surface area contributed by atoms with Gasteiger partial charge < -0.3 is 64.2 Å². The van der Waals surface area contributed by atoms with Gasteiger partial charge in [-0.3, -0.25) is 9.59 Å². The van der Waals surface area contributed by atoms with Crippen LogP contribution in [0.5, 0.6) is 0 Å². The van der Waals surface area contributed by atoms with E-state index < -0.39 is 92.7 Å². The van der Waals surface area contributed by atoms with Crippen LogP contribution in [0.3, 0.4) is 0 Å². The van der Waals surface area contributed by atoms with Crippen molar-refractivity contribution >= 4 is 11.9 Å². The number of carbonyl (C=O) groups is 2. The smallest absolute Gasteiger partial charge is 0.306 e. The SMILES string of the molecule is CCCCCCCCCCCCCCCC(=O)O[C@H](COC(=O)CCCCCCCCCCCCC)CO[C@@H]1O[C@H](CO[C@@H]2O[C@H](CO)[C@H](O)C(O)C2O)[C@H](O)C(O)C1O. The van der Waals surface area contributed by atoms with Gasteiger partial charge in [0.1, 0.15) is 55.4 Å². The molecule has 2 fully saturated rings. The Balaban J connectivity index is 1.84. The monoisotopic (exact) mass is 865 g/mol. The molecule has 2 heterocycles. The first kappa shape index (κ1) is 54.6. The first-order valence-corrected chi connectivity index (χ1v) is 23.6. The van der Waals surface area contributed by atoms with E-state index in [4.69, 9.17) is 28.4 Å². The van der Waals surface area contributed by atoms with Crippen molar-refractivity contribution in [2.75, 3.05) is 26.4 Å². The van der Waals surface area contributed by atoms with Crippen LogP contribution in [0.1, 0.15) is 181 Å². The van der Waals surface area contributed by atoms with Gasteiger partial charge in [0.2, 0.25) is 0 Å². The van der Waals surface area contributed by atoms with E-state index in [2.05, 4.69) is 13.8 Å². The third-order valence-electron chi connectivity index (χ3n) is 11.6. The van der Waals surface area contributed by atoms with Crippen LogP contribution in [0, 0.1) is 0 Å². The average molecular weight is 865 g/mol. The van der Waals surface area contributed by atoms with E-state index in [1.165, 1.54) is 103 Å². The summed E-state index contributed by atoms with van der Waals surface area (Å²) in [4.78, 5) is 25.6. The van der Waals surface area contributed by atoms with Gasteiger partial charge in [-0.25, -0.2) is 0 Å². The van der Waals surface area contributed by atoms with Crippen LogP contribution in [-0.4, -0.2) is 142 Å². The lowest BCUT2D eigenvalue weighted by molar-refractivity contribution is -0.332. The quantitative estimate of drug-likeness (QED) is 0.0315. The molecule has 0 radical (unpaired) electrons. The average Bonchev–Trinajstić information content (AvgIpc) is 3.24. The highest BCUT2D eigenvalue weighted by Crippen LogP contribution is 2.26. The molecule has 15 heteroatoms. The van der Waals surface area contributed by atoms with Crippen molar-refractivity contribution in [2.45, 2.75) is 248 Å². The molecule has 60 heavy (non-hydrogen) atoms. The van der Waals surface area contributed by atoms with E-state index in [0.29, 0.717) is 12.8 Å². The number of unbranched alkanes of at least 4 members (excludes halogenated alkanes) is 22. The standard InChI is InChI=1S/C45H84O15/c1-3-5-7-9-11-13-15-16-18-20-22-24-26-28-37(48)58-33(30-55-36(47)27-25-23-21-19-17-14-12-10-8-6-4-2)31-56-44-43(54)41(52)39(50)35(60-44)32-57-45-42(53)40(51)38(49)34(29-46)59-45/h33-35,38-46,49-54H,3-32H2,1-2H3/t33-,34-,35-,38+,39+,40?,41?,42?,43?,44-,45-/m1/s1. The zero-order valence-corrected chi connectivity index (χ0v) is 37.0. The van der Waals surface area contributed by atoms with Crippen LogP contribution in [0.2, 0.25) is 0 Å². The van der Waals surface area contributed by atoms with Crippen LogP contribution in [-0.2, 0) is 38.0 Å². The van der Waals surface area contributed by atoms with Crippen molar-refractivity contribution in [2.24, 2.45) is 0 Å². The second-order valence-electron chi connectivity index (χ2n) is 17.0. The normalized spacial score (nSPS) is 27.5. The zero-order chi connectivity index (χ0) is 44.0. The first-order valence-electron chi connectivity index (χ1n) is 23.6. The van der Waals surface area contributed by atoms with Gasteiger partial charge in [-0.05, 0) is 12.8 Å². The number of carbonyl (C=O) groups excluding carboxylic acids is 2. The molecule has 4 unspecified atom stereocenters. The maximum atomic E-state index is 12.9. The molecule has 0 aromatic rings. The fourth-order valence-corrected chi connectivity index (χ4v) is 7.63. The summed E-state index contributed by atoms with van der Waals surface area (Å²) >= 11 is 0. The molecule has 11 atom stereocenters. The number of ether oxygens (including phenoxy) is 6. The Morgan fingerprint density at radius 3 is 1.30 bits per heavy atom. The minimum absolute atomic E-state index is 0.172. The summed E-state index contributed by atoms with van der Waals surface area (Å²) in [6.07, 6.45) is 11.4. The van der Waals surface area contributed by atoms with E-state index in [9.17, 15) is 45.3 Å². The largest absolute Gasteiger partial charge is 0.462 e. The second-order valence-corrected chi connectivity index (χ2v) is 17.0. The maximum absolute atomic E-state index is 12.9. The van der Waals surface area contributed by atoms with Crippen molar-refractivity contribution < 1.29 is 73.8 Å². The van der Waals surface area contributed by atoms with Crippen molar-refractivity contribution in [1.82, 2.24) is 0 Å². The van der Waals surface area contributed by atoms with E-state index in [0.717, 1.165) is 38.5 Å². The Morgan fingerprint density at radius 2 is 0.850 bits per heavy atom. The first-order chi connectivity index (χ1) is 29.0. The number of hydrogen-bond donors (Lipinski definition) is 7. The molecule has 0 amide bonds. The van der Waals surface area contributed by atoms with Crippen LogP contribution in [0.25, 0.3) is 0 Å². The fraction of sp³-hybridized carbons (Fsp3) is 0.956. The van der Waals surface area contributed by atoms with Gasteiger partial charge in [-0.15, -0.1) is 0 Å². The summed E-state index contributed by atoms with van der Waals surface area (Å²) in [5.74, 6) is -0.916. The molecule has 0 aromatic carbocycles. The number of aliphatic hydroxyl groups is 7. The Hall–Kier alpha value is -1.50. The zero-order valence-electron chi connectivity index (χ0n) is 37.0. The van der Waals surface area contributed by atoms with Crippen molar-refractivity contribution in [1.29, 1.82) is 0 Å². The molecule has 2 aliphatic rings. The molecule has 0 bridgehead atoms. The predicted molar refractivity (Wildman–Crippen MR) is 225 cm³/mol. The van der Waals surface area contributed by atoms with Crippen LogP contribution >= 0.6 is 0 Å². The van der Waals surface area contributed by atoms with E-state index in [1.807, 2.05) is 0 Å². The van der Waals surface area contributed by atoms with Gasteiger partial charge in [-0.1, -0.05) is 155 Å². The summed E-state index contributed by atoms with van der Waals surface area (Å²) in [7, 11) is 0. The summed E-state index contributed by atoms with van der Waals surface area (Å²) < 4.78 is 33.5. The molecular formula is C45H84O15. The lowest BCUT2D eigenvalue weighted by Gasteiger charge is -2.42. The Morgan fingerprint density at radius 1 is 0.467 bits per heavy atom. The highest BCUT2D eigenvalue weighted by Gasteiger charge is 2.47. The van der Waals surface area contributed by atoms with Gasteiger partial charge in [0.05, 0.1) is 19.8 Å². The van der Waals surface area contributed by atoms with E-state index in [-0.39, 0.29) is 26.1 Å². The Kier molecular flexibility index (Phi) is 30.9. The van der Waals surface area contributed by atoms with Crippen molar-refractivity contribution in [3.05, 3.63) is 0 Å². The minimum atomic E-state index is -1.76. The number of aliphatic hydroxyl groups excluding tert-OH is 7. The maximum Gasteiger partial charge on any atom is 0.306 e. The summed E-state index contributed by atoms with van der Waals surface area (Å²) in [5, 5.41) is 71.8. The van der Waals surface area contributed by atoms with Gasteiger partial charge in [0, 0.05) is 12.8 Å². The molecule has 0 saturated carbocycles. The third-order valence-corrected chi connectivity index (χ3v) is 11.6. The molecule has 7 N–H and O–H groups in total. The molecule has 0 aliphatic carbocycles. The van der Waals surface area contributed by atoms with Gasteiger partial charge in [0.15, 0.2) is 18.7 Å². The lowest BCUT2D eigenvalue weighted by atomic mass is 9.98. The molecular weight excluding hydrogens is 780 g/mol. The summed E-state index contributed by atoms with van der Waals surface area (Å²) in [6.45, 7) is 2.58. The third kappa shape index (κ3) is 22.7. The second kappa shape index (κ2) is 34.0. The van der Waals surface area contributed by atoms with E-state index >= 15 is 0 Å². The highest BCUT2D eigenvalue weighted by atomic mass is 16.7. The van der Waals surface area contributed by atoms with Crippen molar-refractivity contribution in [3.8, 4) is 0 Å². The summed E-state index contributed by atoms with van der Waals surface area (Å²) in [5.41, 5.74) is 0. The summed E-state index contributed by atoms with van der Waals surface area (Å²) in [6, 6.07) is 0. The Labute approximate surface area is 359 Å². The number of rotatable bonds is 36. The van der Waals surface area contributed by atoms with E-state index in [1.54, 1.807) is 0 Å². The molecule has 2 rings (SSSR count). The molecule has 2 saturated heterocycles. The molecule has 354 valence electrons. The molecule has 0 aromatic heterocycles. The molecule has 0 spiro atoms. The predicted octanol–water partition coefficient (Wildman–Crippen LogP) is 5.26. The van der Waals surface area contributed by atoms with Crippen LogP contribution in [0.4, 0.5) is 0 Å². The van der Waals surface area contributed by atoms with Gasteiger partial charge >= 0.3 is 11.9 Å². The van der Waals surface area contributed by atoms with Crippen LogP contribution in [0.15, 0.2) is 0 Å². The van der Waals surface area contributed by atoms with Gasteiger partial charge in [0.25, 0.3) is 0 Å². The number of esters is 2. The topological polar surface area (TPSA) is 231 Å².